The Balaban J connectivity index is 1.34. The fourth-order valence-electron chi connectivity index (χ4n) is 4.25. The number of hydrogen-bond acceptors (Lipinski definition) is 3. The minimum absolute atomic E-state index is 0.00619. The van der Waals surface area contributed by atoms with E-state index in [0.717, 1.165) is 35.0 Å². The van der Waals surface area contributed by atoms with Gasteiger partial charge in [-0.05, 0) is 56.0 Å². The number of ketones is 1. The van der Waals surface area contributed by atoms with Crippen molar-refractivity contribution in [2.45, 2.75) is 45.6 Å². The van der Waals surface area contributed by atoms with Crippen molar-refractivity contribution >= 4 is 22.7 Å². The van der Waals surface area contributed by atoms with Gasteiger partial charge in [-0.2, -0.15) is 0 Å². The zero-order valence-corrected chi connectivity index (χ0v) is 17.5. The monoisotopic (exact) mass is 405 g/mol. The van der Waals surface area contributed by atoms with Crippen LogP contribution in [0.15, 0.2) is 47.3 Å². The lowest BCUT2D eigenvalue weighted by molar-refractivity contribution is -0.132. The number of carbonyl (C=O) groups excluding carboxylic acids is 2. The number of carbonyl (C=O) groups is 2. The lowest BCUT2D eigenvalue weighted by Crippen LogP contribution is -2.40. The van der Waals surface area contributed by atoms with E-state index in [9.17, 15) is 14.4 Å². The summed E-state index contributed by atoms with van der Waals surface area (Å²) in [6.07, 6.45) is 1.92. The molecule has 6 nitrogen and oxygen atoms in total. The van der Waals surface area contributed by atoms with E-state index in [0.29, 0.717) is 18.7 Å². The average molecular weight is 405 g/mol. The summed E-state index contributed by atoms with van der Waals surface area (Å²) in [5, 5.41) is 0. The molecular formula is C24H27N3O3. The summed E-state index contributed by atoms with van der Waals surface area (Å²) in [5.74, 6) is 0.0172. The molecule has 4 rings (SSSR count). The molecule has 2 heterocycles. The van der Waals surface area contributed by atoms with Gasteiger partial charge in [-0.3, -0.25) is 14.2 Å². The minimum atomic E-state index is -0.0973. The number of Topliss-reactive ketones (excluding diaryl/α,β-unsaturated/α-hetero) is 1. The quantitative estimate of drug-likeness (QED) is 0.657. The number of fused-ring (bicyclic) bond motifs is 1. The number of aromatic nitrogens is 2. The Kier molecular flexibility index (Phi) is 5.57. The maximum atomic E-state index is 12.6. The fraction of sp³-hybridized carbons (Fsp3) is 0.375. The highest BCUT2D eigenvalue weighted by Gasteiger charge is 2.26. The first kappa shape index (κ1) is 20.1. The highest BCUT2D eigenvalue weighted by atomic mass is 16.2. The fourth-order valence-corrected chi connectivity index (χ4v) is 4.25. The normalized spacial score (nSPS) is 14.9. The molecule has 1 aliphatic heterocycles. The van der Waals surface area contributed by atoms with E-state index < -0.39 is 0 Å². The second kappa shape index (κ2) is 8.30. The van der Waals surface area contributed by atoms with E-state index in [1.807, 2.05) is 65.8 Å². The number of H-pyrrole nitrogens is 1. The van der Waals surface area contributed by atoms with Crippen molar-refractivity contribution in [1.82, 2.24) is 14.5 Å². The van der Waals surface area contributed by atoms with Gasteiger partial charge in [0.05, 0.1) is 11.0 Å². The molecule has 2 aromatic carbocycles. The Labute approximate surface area is 175 Å². The van der Waals surface area contributed by atoms with Crippen LogP contribution in [0.1, 0.15) is 53.2 Å². The number of piperidine rings is 1. The van der Waals surface area contributed by atoms with Crippen LogP contribution in [-0.2, 0) is 4.79 Å². The molecule has 0 bridgehead atoms. The lowest BCUT2D eigenvalue weighted by atomic mass is 10.0. The predicted octanol–water partition coefficient (Wildman–Crippen LogP) is 3.77. The zero-order valence-electron chi connectivity index (χ0n) is 17.5. The van der Waals surface area contributed by atoms with Crippen LogP contribution in [0.2, 0.25) is 0 Å². The van der Waals surface area contributed by atoms with Gasteiger partial charge < -0.3 is 9.88 Å². The summed E-state index contributed by atoms with van der Waals surface area (Å²) in [6.45, 7) is 5.21. The van der Waals surface area contributed by atoms with Crippen molar-refractivity contribution in [2.24, 2.45) is 0 Å². The van der Waals surface area contributed by atoms with Crippen molar-refractivity contribution in [3.05, 3.63) is 69.6 Å². The lowest BCUT2D eigenvalue weighted by Gasteiger charge is -2.32. The first-order chi connectivity index (χ1) is 14.4. The molecule has 1 N–H and O–H groups in total. The number of hydrogen-bond donors (Lipinski definition) is 1. The Morgan fingerprint density at radius 1 is 1.00 bits per heavy atom. The van der Waals surface area contributed by atoms with Crippen molar-refractivity contribution in [2.75, 3.05) is 13.1 Å². The molecule has 0 atom stereocenters. The van der Waals surface area contributed by atoms with Gasteiger partial charge in [-0.15, -0.1) is 0 Å². The first-order valence-corrected chi connectivity index (χ1v) is 10.5. The van der Waals surface area contributed by atoms with Crippen LogP contribution in [0.3, 0.4) is 0 Å². The second-order valence-electron chi connectivity index (χ2n) is 8.15. The third-order valence-electron chi connectivity index (χ3n) is 6.20. The van der Waals surface area contributed by atoms with Gasteiger partial charge in [0, 0.05) is 37.5 Å². The number of para-hydroxylation sites is 2. The molecule has 3 aromatic rings. The highest BCUT2D eigenvalue weighted by molar-refractivity contribution is 5.98. The molecule has 1 saturated heterocycles. The summed E-state index contributed by atoms with van der Waals surface area (Å²) < 4.78 is 1.82. The van der Waals surface area contributed by atoms with Crippen LogP contribution >= 0.6 is 0 Å². The number of aryl methyl sites for hydroxylation is 2. The van der Waals surface area contributed by atoms with E-state index in [2.05, 4.69) is 4.98 Å². The van der Waals surface area contributed by atoms with Crippen LogP contribution in [0.25, 0.3) is 11.0 Å². The zero-order chi connectivity index (χ0) is 21.3. The summed E-state index contributed by atoms with van der Waals surface area (Å²) in [6, 6.07) is 13.4. The standard InChI is InChI=1S/C24H27N3O3/c1-16-7-8-18(15-17(16)2)22(28)9-10-23(29)26-13-11-19(12-14-26)27-21-6-4-3-5-20(21)25-24(27)30/h3-8,15,19H,9-14H2,1-2H3,(H,25,30). The number of amides is 1. The number of nitrogens with one attached hydrogen (secondary N) is 1. The summed E-state index contributed by atoms with van der Waals surface area (Å²) >= 11 is 0. The molecule has 0 radical (unpaired) electrons. The Bertz CT molecular complexity index is 1150. The predicted molar refractivity (Wildman–Crippen MR) is 117 cm³/mol. The van der Waals surface area contributed by atoms with Crippen LogP contribution < -0.4 is 5.69 Å². The highest BCUT2D eigenvalue weighted by Crippen LogP contribution is 2.25. The summed E-state index contributed by atoms with van der Waals surface area (Å²) in [4.78, 5) is 42.2. The molecular weight excluding hydrogens is 378 g/mol. The van der Waals surface area contributed by atoms with Crippen molar-refractivity contribution < 1.29 is 9.59 Å². The molecule has 0 aliphatic carbocycles. The SMILES string of the molecule is Cc1ccc(C(=O)CCC(=O)N2CCC(n3c(=O)[nH]c4ccccc43)CC2)cc1C. The number of nitrogens with zero attached hydrogens (tertiary/aromatic N) is 2. The van der Waals surface area contributed by atoms with Crippen molar-refractivity contribution in [3.63, 3.8) is 0 Å². The Morgan fingerprint density at radius 3 is 2.47 bits per heavy atom. The van der Waals surface area contributed by atoms with Gasteiger partial charge in [-0.25, -0.2) is 4.79 Å². The minimum Gasteiger partial charge on any atom is -0.343 e. The maximum absolute atomic E-state index is 12.6. The number of aromatic amines is 1. The van der Waals surface area contributed by atoms with E-state index in [1.54, 1.807) is 0 Å². The van der Waals surface area contributed by atoms with Gasteiger partial charge in [0.15, 0.2) is 5.78 Å². The summed E-state index contributed by atoms with van der Waals surface area (Å²) in [7, 11) is 0. The molecule has 30 heavy (non-hydrogen) atoms. The van der Waals surface area contributed by atoms with Crippen molar-refractivity contribution in [3.8, 4) is 0 Å². The van der Waals surface area contributed by atoms with Gasteiger partial charge in [-0.1, -0.05) is 24.3 Å². The van der Waals surface area contributed by atoms with Gasteiger partial charge in [0.2, 0.25) is 5.91 Å². The van der Waals surface area contributed by atoms with Crippen LogP contribution in [0.5, 0.6) is 0 Å². The van der Waals surface area contributed by atoms with Crippen LogP contribution in [-0.4, -0.2) is 39.2 Å². The van der Waals surface area contributed by atoms with Crippen molar-refractivity contribution in [1.29, 1.82) is 0 Å². The number of imidazole rings is 1. The van der Waals surface area contributed by atoms with Gasteiger partial charge >= 0.3 is 5.69 Å². The number of likely N-dealkylation sites (tertiary alicyclic amines) is 1. The molecule has 0 spiro atoms. The topological polar surface area (TPSA) is 75.2 Å². The number of rotatable bonds is 5. The smallest absolute Gasteiger partial charge is 0.326 e. The molecule has 0 saturated carbocycles. The first-order valence-electron chi connectivity index (χ1n) is 10.5. The van der Waals surface area contributed by atoms with Crippen LogP contribution in [0.4, 0.5) is 0 Å². The van der Waals surface area contributed by atoms with Crippen LogP contribution in [0, 0.1) is 13.8 Å². The van der Waals surface area contributed by atoms with E-state index >= 15 is 0 Å². The van der Waals surface area contributed by atoms with Gasteiger partial charge in [0.1, 0.15) is 0 Å². The third kappa shape index (κ3) is 3.95. The van der Waals surface area contributed by atoms with E-state index in [4.69, 9.17) is 0 Å². The molecule has 1 aliphatic rings. The Morgan fingerprint density at radius 2 is 1.73 bits per heavy atom. The Hall–Kier alpha value is -3.15. The van der Waals surface area contributed by atoms with E-state index in [1.165, 1.54) is 0 Å². The molecule has 0 unspecified atom stereocenters. The second-order valence-corrected chi connectivity index (χ2v) is 8.15. The third-order valence-corrected chi connectivity index (χ3v) is 6.20. The summed E-state index contributed by atoms with van der Waals surface area (Å²) in [5.41, 5.74) is 4.56. The largest absolute Gasteiger partial charge is 0.343 e. The average Bonchev–Trinajstić information content (AvgIpc) is 3.09. The molecule has 1 amide bonds. The molecule has 1 fully saturated rings. The molecule has 6 heteroatoms. The molecule has 1 aromatic heterocycles. The maximum Gasteiger partial charge on any atom is 0.326 e. The molecule has 156 valence electrons. The number of benzene rings is 2. The van der Waals surface area contributed by atoms with E-state index in [-0.39, 0.29) is 36.3 Å². The van der Waals surface area contributed by atoms with Gasteiger partial charge in [0.25, 0.3) is 0 Å².